The fourth-order valence-electron chi connectivity index (χ4n) is 2.13. The van der Waals surface area contributed by atoms with Crippen LogP contribution in [0.1, 0.15) is 41.5 Å². The zero-order chi connectivity index (χ0) is 19.5. The Labute approximate surface area is 154 Å². The molecule has 0 spiro atoms. The first-order chi connectivity index (χ1) is 12.0. The molecule has 1 aromatic rings. The Bertz CT molecular complexity index is 596. The second-order valence-corrected chi connectivity index (χ2v) is 8.86. The van der Waals surface area contributed by atoms with Crippen LogP contribution < -0.4 is 9.47 Å². The topological polar surface area (TPSA) is 71.1 Å². The summed E-state index contributed by atoms with van der Waals surface area (Å²) >= 11 is 0. The number of fused-ring (bicyclic) bond motifs is 1. The molecule has 0 bridgehead atoms. The molecular formula is C20H28O6. The lowest BCUT2D eigenvalue weighted by Gasteiger charge is -2.32. The Kier molecular flexibility index (Phi) is 5.84. The van der Waals surface area contributed by atoms with Gasteiger partial charge in [0, 0.05) is 0 Å². The lowest BCUT2D eigenvalue weighted by molar-refractivity contribution is -0.174. The van der Waals surface area contributed by atoms with E-state index in [1.165, 1.54) is 0 Å². The number of rotatable bonds is 4. The van der Waals surface area contributed by atoms with Crippen LogP contribution in [0.4, 0.5) is 0 Å². The van der Waals surface area contributed by atoms with Gasteiger partial charge >= 0.3 is 11.9 Å². The molecule has 0 aromatic heterocycles. The Hall–Kier alpha value is -2.24. The number of benzene rings is 1. The summed E-state index contributed by atoms with van der Waals surface area (Å²) in [5, 5.41) is 0. The first-order valence-electron chi connectivity index (χ1n) is 8.72. The van der Waals surface area contributed by atoms with Crippen LogP contribution in [0.25, 0.3) is 0 Å². The van der Waals surface area contributed by atoms with Crippen LogP contribution >= 0.6 is 0 Å². The normalized spacial score (nSPS) is 19.6. The van der Waals surface area contributed by atoms with Gasteiger partial charge in [-0.25, -0.2) is 9.59 Å². The Morgan fingerprint density at radius 2 is 1.15 bits per heavy atom. The van der Waals surface area contributed by atoms with Gasteiger partial charge in [0.2, 0.25) is 12.2 Å². The molecule has 6 heteroatoms. The SMILES string of the molecule is CC(C)(C)COC(=O)C1Oc2ccccc2OC1C(=O)OCC(C)(C)C. The molecule has 2 atom stereocenters. The van der Waals surface area contributed by atoms with Gasteiger partial charge in [-0.3, -0.25) is 0 Å². The van der Waals surface area contributed by atoms with Crippen molar-refractivity contribution in [1.82, 2.24) is 0 Å². The molecule has 6 nitrogen and oxygen atoms in total. The van der Waals surface area contributed by atoms with Crippen LogP contribution in [0.2, 0.25) is 0 Å². The quantitative estimate of drug-likeness (QED) is 0.763. The molecule has 1 heterocycles. The van der Waals surface area contributed by atoms with Crippen molar-refractivity contribution in [2.75, 3.05) is 13.2 Å². The van der Waals surface area contributed by atoms with Gasteiger partial charge < -0.3 is 18.9 Å². The lowest BCUT2D eigenvalue weighted by atomic mass is 9.98. The van der Waals surface area contributed by atoms with E-state index < -0.39 is 24.1 Å². The number of ether oxygens (including phenoxy) is 4. The second kappa shape index (κ2) is 7.56. The molecule has 0 fully saturated rings. The van der Waals surface area contributed by atoms with Gasteiger partial charge in [-0.05, 0) is 23.0 Å². The number of para-hydroxylation sites is 2. The molecular weight excluding hydrogens is 336 g/mol. The summed E-state index contributed by atoms with van der Waals surface area (Å²) in [5.41, 5.74) is -0.406. The van der Waals surface area contributed by atoms with E-state index in [1.54, 1.807) is 24.3 Å². The molecule has 2 unspecified atom stereocenters. The smallest absolute Gasteiger partial charge is 0.352 e. The van der Waals surface area contributed by atoms with Gasteiger partial charge in [-0.2, -0.15) is 0 Å². The lowest BCUT2D eigenvalue weighted by Crippen LogP contribution is -2.51. The van der Waals surface area contributed by atoms with Crippen molar-refractivity contribution in [3.8, 4) is 11.5 Å². The van der Waals surface area contributed by atoms with Gasteiger partial charge in [0.05, 0.1) is 13.2 Å². The molecule has 26 heavy (non-hydrogen) atoms. The molecule has 0 amide bonds. The van der Waals surface area contributed by atoms with Crippen molar-refractivity contribution in [2.45, 2.75) is 53.8 Å². The van der Waals surface area contributed by atoms with E-state index in [1.807, 2.05) is 41.5 Å². The minimum atomic E-state index is -1.21. The first-order valence-corrected chi connectivity index (χ1v) is 8.72. The molecule has 1 aliphatic heterocycles. The zero-order valence-electron chi connectivity index (χ0n) is 16.3. The summed E-state index contributed by atoms with van der Waals surface area (Å²) in [6.07, 6.45) is -2.42. The maximum Gasteiger partial charge on any atom is 0.352 e. The average Bonchev–Trinajstić information content (AvgIpc) is 2.55. The van der Waals surface area contributed by atoms with Gasteiger partial charge in [0.15, 0.2) is 11.5 Å². The highest BCUT2D eigenvalue weighted by atomic mass is 16.6. The minimum absolute atomic E-state index is 0.203. The molecule has 1 aliphatic rings. The number of carbonyl (C=O) groups is 2. The Balaban J connectivity index is 2.17. The summed E-state index contributed by atoms with van der Waals surface area (Å²) in [6, 6.07) is 6.88. The van der Waals surface area contributed by atoms with Crippen molar-refractivity contribution >= 4 is 11.9 Å². The summed E-state index contributed by atoms with van der Waals surface area (Å²) in [7, 11) is 0. The highest BCUT2D eigenvalue weighted by Gasteiger charge is 2.44. The molecule has 2 rings (SSSR count). The Morgan fingerprint density at radius 1 is 0.808 bits per heavy atom. The van der Waals surface area contributed by atoms with Crippen LogP contribution in [0.3, 0.4) is 0 Å². The van der Waals surface area contributed by atoms with E-state index in [2.05, 4.69) is 0 Å². The van der Waals surface area contributed by atoms with E-state index in [-0.39, 0.29) is 24.0 Å². The predicted octanol–water partition coefficient (Wildman–Crippen LogP) is 3.37. The van der Waals surface area contributed by atoms with E-state index in [9.17, 15) is 9.59 Å². The number of carbonyl (C=O) groups excluding carboxylic acids is 2. The highest BCUT2D eigenvalue weighted by Crippen LogP contribution is 2.34. The monoisotopic (exact) mass is 364 g/mol. The van der Waals surface area contributed by atoms with E-state index >= 15 is 0 Å². The van der Waals surface area contributed by atoms with Gasteiger partial charge in [-0.15, -0.1) is 0 Å². The maximum absolute atomic E-state index is 12.5. The molecule has 1 aromatic carbocycles. The number of hydrogen-bond acceptors (Lipinski definition) is 6. The highest BCUT2D eigenvalue weighted by molar-refractivity contribution is 5.87. The van der Waals surface area contributed by atoms with Crippen LogP contribution in [-0.2, 0) is 19.1 Å². The van der Waals surface area contributed by atoms with Crippen molar-refractivity contribution in [3.63, 3.8) is 0 Å². The van der Waals surface area contributed by atoms with Crippen LogP contribution in [0, 0.1) is 10.8 Å². The summed E-state index contributed by atoms with van der Waals surface area (Å²) in [4.78, 5) is 25.1. The van der Waals surface area contributed by atoms with Crippen molar-refractivity contribution in [1.29, 1.82) is 0 Å². The Morgan fingerprint density at radius 3 is 1.46 bits per heavy atom. The van der Waals surface area contributed by atoms with Crippen LogP contribution in [0.15, 0.2) is 24.3 Å². The predicted molar refractivity (Wildman–Crippen MR) is 96.1 cm³/mol. The van der Waals surface area contributed by atoms with E-state index in [0.29, 0.717) is 11.5 Å². The maximum atomic E-state index is 12.5. The van der Waals surface area contributed by atoms with Gasteiger partial charge in [-0.1, -0.05) is 53.7 Å². The molecule has 144 valence electrons. The van der Waals surface area contributed by atoms with Gasteiger partial charge in [0.1, 0.15) is 0 Å². The number of hydrogen-bond donors (Lipinski definition) is 0. The molecule has 0 radical (unpaired) electrons. The zero-order valence-corrected chi connectivity index (χ0v) is 16.3. The summed E-state index contributed by atoms with van der Waals surface area (Å²) in [6.45, 7) is 12.1. The van der Waals surface area contributed by atoms with Crippen molar-refractivity contribution in [2.24, 2.45) is 10.8 Å². The molecule has 0 saturated heterocycles. The van der Waals surface area contributed by atoms with E-state index in [0.717, 1.165) is 0 Å². The minimum Gasteiger partial charge on any atom is -0.470 e. The third kappa shape index (κ3) is 5.64. The third-order valence-electron chi connectivity index (χ3n) is 3.39. The van der Waals surface area contributed by atoms with Crippen molar-refractivity contribution < 1.29 is 28.5 Å². The fourth-order valence-corrected chi connectivity index (χ4v) is 2.13. The van der Waals surface area contributed by atoms with Gasteiger partial charge in [0.25, 0.3) is 0 Å². The molecule has 0 aliphatic carbocycles. The van der Waals surface area contributed by atoms with Crippen LogP contribution in [0.5, 0.6) is 11.5 Å². The largest absolute Gasteiger partial charge is 0.470 e. The van der Waals surface area contributed by atoms with Crippen LogP contribution in [-0.4, -0.2) is 37.4 Å². The molecule has 0 saturated carbocycles. The number of esters is 2. The third-order valence-corrected chi connectivity index (χ3v) is 3.39. The molecule has 0 N–H and O–H groups in total. The summed E-state index contributed by atoms with van der Waals surface area (Å²) < 4.78 is 22.1. The van der Waals surface area contributed by atoms with Crippen molar-refractivity contribution in [3.05, 3.63) is 24.3 Å². The fraction of sp³-hybridized carbons (Fsp3) is 0.600. The summed E-state index contributed by atoms with van der Waals surface area (Å²) in [5.74, 6) is -0.505. The first kappa shape index (κ1) is 20.1. The average molecular weight is 364 g/mol. The van der Waals surface area contributed by atoms with E-state index in [4.69, 9.17) is 18.9 Å². The standard InChI is InChI=1S/C20H28O6/c1-19(2,3)11-23-17(21)15-16(18(22)24-12-20(4,5)6)26-14-10-8-7-9-13(14)25-15/h7-10,15-16H,11-12H2,1-6H3. The second-order valence-electron chi connectivity index (χ2n) is 8.86.